The van der Waals surface area contributed by atoms with Crippen molar-refractivity contribution < 1.29 is 8.42 Å². The molecule has 0 amide bonds. The Morgan fingerprint density at radius 2 is 1.83 bits per heavy atom. The molecule has 1 aromatic carbocycles. The Bertz CT molecular complexity index is 496. The number of benzene rings is 1. The van der Waals surface area contributed by atoms with E-state index in [1.165, 1.54) is 0 Å². The third-order valence-corrected chi connectivity index (χ3v) is 4.35. The maximum absolute atomic E-state index is 12.0. The first-order valence-electron chi connectivity index (χ1n) is 6.10. The molecule has 0 heterocycles. The van der Waals surface area contributed by atoms with Gasteiger partial charge in [-0.15, -0.1) is 0 Å². The van der Waals surface area contributed by atoms with Crippen LogP contribution in [0.25, 0.3) is 0 Å². The summed E-state index contributed by atoms with van der Waals surface area (Å²) in [6, 6.07) is 5.10. The molecule has 102 valence electrons. The molecule has 0 saturated carbocycles. The first kappa shape index (κ1) is 14.8. The van der Waals surface area contributed by atoms with Crippen LogP contribution in [0.5, 0.6) is 0 Å². The molecule has 0 spiro atoms. The van der Waals surface area contributed by atoms with Crippen molar-refractivity contribution in [2.45, 2.75) is 25.7 Å². The highest BCUT2D eigenvalue weighted by atomic mass is 32.2. The molecule has 0 fully saturated rings. The van der Waals surface area contributed by atoms with E-state index < -0.39 is 10.0 Å². The summed E-state index contributed by atoms with van der Waals surface area (Å²) in [7, 11) is -3.52. The number of sulfonamides is 1. The van der Waals surface area contributed by atoms with Crippen LogP contribution in [-0.4, -0.2) is 28.1 Å². The molecule has 1 rings (SSSR count). The Hall–Kier alpha value is -1.27. The van der Waals surface area contributed by atoms with Gasteiger partial charge in [-0.1, -0.05) is 6.92 Å². The van der Waals surface area contributed by atoms with Crippen molar-refractivity contribution in [3.05, 3.63) is 18.2 Å². The van der Waals surface area contributed by atoms with Gasteiger partial charge in [-0.05, 0) is 32.0 Å². The van der Waals surface area contributed by atoms with Crippen LogP contribution in [0.1, 0.15) is 20.8 Å². The van der Waals surface area contributed by atoms with Crippen molar-refractivity contribution in [1.29, 1.82) is 0 Å². The molecule has 0 saturated heterocycles. The molecule has 5 nitrogen and oxygen atoms in total. The minimum absolute atomic E-state index is 0.147. The van der Waals surface area contributed by atoms with E-state index in [0.29, 0.717) is 6.54 Å². The van der Waals surface area contributed by atoms with Gasteiger partial charge >= 0.3 is 0 Å². The standard InChI is InChI=1S/C12H21N3O2S/c1-4-14-18(16,17)12-9-10(7-8-11(12)13)15(5-2)6-3/h7-9,14H,4-6,13H2,1-3H3. The molecule has 0 aliphatic carbocycles. The van der Waals surface area contributed by atoms with E-state index in [2.05, 4.69) is 9.62 Å². The summed E-state index contributed by atoms with van der Waals surface area (Å²) in [5.41, 5.74) is 6.89. The molecule has 0 bridgehead atoms. The van der Waals surface area contributed by atoms with E-state index in [1.807, 2.05) is 19.9 Å². The minimum Gasteiger partial charge on any atom is -0.398 e. The fourth-order valence-electron chi connectivity index (χ4n) is 1.81. The van der Waals surface area contributed by atoms with E-state index in [1.54, 1.807) is 19.1 Å². The quantitative estimate of drug-likeness (QED) is 0.767. The van der Waals surface area contributed by atoms with Crippen molar-refractivity contribution in [3.8, 4) is 0 Å². The molecule has 0 radical (unpaired) electrons. The van der Waals surface area contributed by atoms with Crippen LogP contribution in [0.4, 0.5) is 11.4 Å². The van der Waals surface area contributed by atoms with E-state index in [4.69, 9.17) is 5.73 Å². The van der Waals surface area contributed by atoms with Crippen molar-refractivity contribution in [2.24, 2.45) is 0 Å². The van der Waals surface area contributed by atoms with Crippen LogP contribution in [-0.2, 0) is 10.0 Å². The Morgan fingerprint density at radius 3 is 2.33 bits per heavy atom. The lowest BCUT2D eigenvalue weighted by molar-refractivity contribution is 0.584. The van der Waals surface area contributed by atoms with Gasteiger partial charge in [-0.2, -0.15) is 0 Å². The Balaban J connectivity index is 3.25. The summed E-state index contributed by atoms with van der Waals surface area (Å²) in [5, 5.41) is 0. The second kappa shape index (κ2) is 6.06. The fraction of sp³-hybridized carbons (Fsp3) is 0.500. The summed E-state index contributed by atoms with van der Waals surface area (Å²) in [6.07, 6.45) is 0. The molecule has 0 atom stereocenters. The summed E-state index contributed by atoms with van der Waals surface area (Å²) in [4.78, 5) is 2.22. The molecule has 3 N–H and O–H groups in total. The van der Waals surface area contributed by atoms with Gasteiger partial charge in [0.05, 0.1) is 5.69 Å². The summed E-state index contributed by atoms with van der Waals surface area (Å²) in [5.74, 6) is 0. The molecule has 6 heteroatoms. The minimum atomic E-state index is -3.52. The number of hydrogen-bond acceptors (Lipinski definition) is 4. The molecule has 0 aromatic heterocycles. The lowest BCUT2D eigenvalue weighted by Crippen LogP contribution is -2.26. The van der Waals surface area contributed by atoms with Gasteiger partial charge in [0, 0.05) is 25.3 Å². The second-order valence-corrected chi connectivity index (χ2v) is 5.63. The summed E-state index contributed by atoms with van der Waals surface area (Å²) in [6.45, 7) is 7.78. The Kier molecular flexibility index (Phi) is 4.98. The van der Waals surface area contributed by atoms with Gasteiger partial charge < -0.3 is 10.6 Å². The van der Waals surface area contributed by atoms with Crippen LogP contribution < -0.4 is 15.4 Å². The van der Waals surface area contributed by atoms with Gasteiger partial charge in [-0.25, -0.2) is 13.1 Å². The molecule has 18 heavy (non-hydrogen) atoms. The van der Waals surface area contributed by atoms with Gasteiger partial charge in [0.15, 0.2) is 0 Å². The van der Waals surface area contributed by atoms with Crippen molar-refractivity contribution >= 4 is 21.4 Å². The predicted molar refractivity (Wildman–Crippen MR) is 75.3 cm³/mol. The van der Waals surface area contributed by atoms with E-state index >= 15 is 0 Å². The number of nitrogens with one attached hydrogen (secondary N) is 1. The van der Waals surface area contributed by atoms with E-state index in [0.717, 1.165) is 18.8 Å². The average molecular weight is 271 g/mol. The number of anilines is 2. The fourth-order valence-corrected chi connectivity index (χ4v) is 3.00. The summed E-state index contributed by atoms with van der Waals surface area (Å²) < 4.78 is 26.4. The first-order chi connectivity index (χ1) is 8.46. The van der Waals surface area contributed by atoms with Gasteiger partial charge in [0.2, 0.25) is 10.0 Å². The topological polar surface area (TPSA) is 75.4 Å². The summed E-state index contributed by atoms with van der Waals surface area (Å²) >= 11 is 0. The largest absolute Gasteiger partial charge is 0.398 e. The zero-order valence-electron chi connectivity index (χ0n) is 11.1. The monoisotopic (exact) mass is 271 g/mol. The maximum Gasteiger partial charge on any atom is 0.242 e. The maximum atomic E-state index is 12.0. The molecular weight excluding hydrogens is 250 g/mol. The van der Waals surface area contributed by atoms with Crippen LogP contribution in [0.15, 0.2) is 23.1 Å². The second-order valence-electron chi connectivity index (χ2n) is 3.90. The van der Waals surface area contributed by atoms with Crippen molar-refractivity contribution in [2.75, 3.05) is 30.3 Å². The number of nitrogens with two attached hydrogens (primary N) is 1. The van der Waals surface area contributed by atoms with Crippen LogP contribution in [0.3, 0.4) is 0 Å². The first-order valence-corrected chi connectivity index (χ1v) is 7.58. The molecule has 0 aliphatic heterocycles. The lowest BCUT2D eigenvalue weighted by atomic mass is 10.2. The van der Waals surface area contributed by atoms with Crippen LogP contribution >= 0.6 is 0 Å². The van der Waals surface area contributed by atoms with Gasteiger partial charge in [-0.3, -0.25) is 0 Å². The zero-order chi connectivity index (χ0) is 13.8. The van der Waals surface area contributed by atoms with Crippen molar-refractivity contribution in [3.63, 3.8) is 0 Å². The number of rotatable bonds is 6. The van der Waals surface area contributed by atoms with Gasteiger partial charge in [0.25, 0.3) is 0 Å². The van der Waals surface area contributed by atoms with E-state index in [-0.39, 0.29) is 10.6 Å². The molecule has 1 aromatic rings. The smallest absolute Gasteiger partial charge is 0.242 e. The highest BCUT2D eigenvalue weighted by molar-refractivity contribution is 7.89. The van der Waals surface area contributed by atoms with Crippen molar-refractivity contribution in [1.82, 2.24) is 4.72 Å². The Morgan fingerprint density at radius 1 is 1.22 bits per heavy atom. The SMILES string of the molecule is CCNS(=O)(=O)c1cc(N(CC)CC)ccc1N. The Labute approximate surface area is 109 Å². The number of nitrogens with zero attached hydrogens (tertiary/aromatic N) is 1. The van der Waals surface area contributed by atoms with E-state index in [9.17, 15) is 8.42 Å². The highest BCUT2D eigenvalue weighted by Gasteiger charge is 2.17. The number of nitrogen functional groups attached to an aromatic ring is 1. The normalized spacial score (nSPS) is 11.5. The average Bonchev–Trinajstić information content (AvgIpc) is 2.32. The number of hydrogen-bond donors (Lipinski definition) is 2. The third kappa shape index (κ3) is 3.14. The van der Waals surface area contributed by atoms with Crippen LogP contribution in [0, 0.1) is 0 Å². The molecule has 0 aliphatic rings. The molecule has 0 unspecified atom stereocenters. The van der Waals surface area contributed by atoms with Crippen LogP contribution in [0.2, 0.25) is 0 Å². The molecular formula is C12H21N3O2S. The lowest BCUT2D eigenvalue weighted by Gasteiger charge is -2.22. The predicted octanol–water partition coefficient (Wildman–Crippen LogP) is 1.41. The third-order valence-electron chi connectivity index (χ3n) is 2.75. The zero-order valence-corrected chi connectivity index (χ0v) is 11.9. The van der Waals surface area contributed by atoms with Gasteiger partial charge in [0.1, 0.15) is 4.90 Å². The highest BCUT2D eigenvalue weighted by Crippen LogP contribution is 2.24.